The topological polar surface area (TPSA) is 81.9 Å². The highest BCUT2D eigenvalue weighted by molar-refractivity contribution is 5.97. The standard InChI is InChI=1S/C17H16N2O3/c1-2-5-13-9-8-12(10-16(13)21)11-18-19-17(22)14-6-3-4-7-15(14)20/h2-4,6-11,20-21H,1,5H2,(H,19,22)/b18-11+. The molecule has 0 spiro atoms. The molecule has 0 atom stereocenters. The van der Waals surface area contributed by atoms with Gasteiger partial charge < -0.3 is 10.2 Å². The predicted molar refractivity (Wildman–Crippen MR) is 85.2 cm³/mol. The van der Waals surface area contributed by atoms with Gasteiger partial charge in [-0.2, -0.15) is 5.10 Å². The second kappa shape index (κ2) is 7.08. The Morgan fingerprint density at radius 1 is 1.18 bits per heavy atom. The first-order valence-electron chi connectivity index (χ1n) is 6.66. The lowest BCUT2D eigenvalue weighted by atomic mass is 10.1. The number of allylic oxidation sites excluding steroid dienone is 1. The summed E-state index contributed by atoms with van der Waals surface area (Å²) in [5, 5.41) is 23.2. The summed E-state index contributed by atoms with van der Waals surface area (Å²) < 4.78 is 0. The molecule has 0 aliphatic rings. The molecule has 0 unspecified atom stereocenters. The van der Waals surface area contributed by atoms with Crippen molar-refractivity contribution in [1.29, 1.82) is 0 Å². The number of amides is 1. The number of aromatic hydroxyl groups is 2. The van der Waals surface area contributed by atoms with E-state index in [0.29, 0.717) is 12.0 Å². The van der Waals surface area contributed by atoms with Crippen LogP contribution in [-0.2, 0) is 6.42 Å². The number of carbonyl (C=O) groups excluding carboxylic acids is 1. The van der Waals surface area contributed by atoms with Crippen molar-refractivity contribution in [1.82, 2.24) is 5.43 Å². The zero-order valence-corrected chi connectivity index (χ0v) is 11.9. The van der Waals surface area contributed by atoms with Gasteiger partial charge in [-0.15, -0.1) is 6.58 Å². The van der Waals surface area contributed by atoms with Gasteiger partial charge in [-0.05, 0) is 35.7 Å². The minimum absolute atomic E-state index is 0.110. The fraction of sp³-hybridized carbons (Fsp3) is 0.0588. The maximum Gasteiger partial charge on any atom is 0.275 e. The predicted octanol–water partition coefficient (Wildman–Crippen LogP) is 2.59. The third-order valence-electron chi connectivity index (χ3n) is 3.00. The second-order valence-corrected chi connectivity index (χ2v) is 4.60. The Hall–Kier alpha value is -3.08. The molecule has 3 N–H and O–H groups in total. The van der Waals surface area contributed by atoms with Crippen LogP contribution in [0.25, 0.3) is 0 Å². The highest BCUT2D eigenvalue weighted by atomic mass is 16.3. The van der Waals surface area contributed by atoms with E-state index in [0.717, 1.165) is 5.56 Å². The number of hydrogen-bond acceptors (Lipinski definition) is 4. The average molecular weight is 296 g/mol. The minimum Gasteiger partial charge on any atom is -0.508 e. The first-order chi connectivity index (χ1) is 10.6. The van der Waals surface area contributed by atoms with Gasteiger partial charge >= 0.3 is 0 Å². The maximum absolute atomic E-state index is 11.8. The van der Waals surface area contributed by atoms with Gasteiger partial charge in [0.1, 0.15) is 11.5 Å². The van der Waals surface area contributed by atoms with Gasteiger partial charge in [-0.1, -0.05) is 30.3 Å². The Morgan fingerprint density at radius 3 is 2.64 bits per heavy atom. The van der Waals surface area contributed by atoms with Gasteiger partial charge in [-0.3, -0.25) is 4.79 Å². The summed E-state index contributed by atoms with van der Waals surface area (Å²) in [6.45, 7) is 3.62. The van der Waals surface area contributed by atoms with Crippen LogP contribution >= 0.6 is 0 Å². The van der Waals surface area contributed by atoms with E-state index in [9.17, 15) is 15.0 Å². The molecule has 2 rings (SSSR count). The van der Waals surface area contributed by atoms with Crippen LogP contribution in [0.3, 0.4) is 0 Å². The Labute approximate surface area is 128 Å². The van der Waals surface area contributed by atoms with Crippen LogP contribution in [0.2, 0.25) is 0 Å². The first kappa shape index (κ1) is 15.3. The summed E-state index contributed by atoms with van der Waals surface area (Å²) >= 11 is 0. The molecule has 112 valence electrons. The van der Waals surface area contributed by atoms with E-state index >= 15 is 0 Å². The molecule has 0 fully saturated rings. The fourth-order valence-electron chi connectivity index (χ4n) is 1.88. The molecule has 2 aromatic carbocycles. The quantitative estimate of drug-likeness (QED) is 0.450. The molecule has 1 amide bonds. The van der Waals surface area contributed by atoms with Crippen molar-refractivity contribution in [2.75, 3.05) is 0 Å². The molecular formula is C17H16N2O3. The largest absolute Gasteiger partial charge is 0.508 e. The molecule has 5 nitrogen and oxygen atoms in total. The van der Waals surface area contributed by atoms with Crippen LogP contribution < -0.4 is 5.43 Å². The van der Waals surface area contributed by atoms with E-state index in [1.165, 1.54) is 18.3 Å². The zero-order chi connectivity index (χ0) is 15.9. The molecule has 0 bridgehead atoms. The van der Waals surface area contributed by atoms with Crippen molar-refractivity contribution in [2.45, 2.75) is 6.42 Å². The summed E-state index contributed by atoms with van der Waals surface area (Å²) in [5.41, 5.74) is 3.87. The molecule has 0 radical (unpaired) electrons. The highest BCUT2D eigenvalue weighted by Gasteiger charge is 2.08. The number of phenols is 2. The monoisotopic (exact) mass is 296 g/mol. The summed E-state index contributed by atoms with van der Waals surface area (Å²) in [6.07, 6.45) is 3.69. The third-order valence-corrected chi connectivity index (χ3v) is 3.00. The first-order valence-corrected chi connectivity index (χ1v) is 6.66. The SMILES string of the molecule is C=CCc1ccc(/C=N/NC(=O)c2ccccc2O)cc1O. The number of para-hydroxylation sites is 1. The van der Waals surface area contributed by atoms with Crippen LogP contribution in [0.1, 0.15) is 21.5 Å². The number of nitrogens with zero attached hydrogens (tertiary/aromatic N) is 1. The van der Waals surface area contributed by atoms with Crippen molar-refractivity contribution in [3.8, 4) is 11.5 Å². The number of carbonyl (C=O) groups is 1. The molecule has 22 heavy (non-hydrogen) atoms. The molecule has 5 heteroatoms. The van der Waals surface area contributed by atoms with Gasteiger partial charge in [0, 0.05) is 0 Å². The zero-order valence-electron chi connectivity index (χ0n) is 11.9. The second-order valence-electron chi connectivity index (χ2n) is 4.60. The van der Waals surface area contributed by atoms with E-state index in [1.807, 2.05) is 0 Å². The van der Waals surface area contributed by atoms with Gasteiger partial charge in [0.15, 0.2) is 0 Å². The summed E-state index contributed by atoms with van der Waals surface area (Å²) in [5.74, 6) is -0.473. The van der Waals surface area contributed by atoms with E-state index in [1.54, 1.807) is 36.4 Å². The van der Waals surface area contributed by atoms with Crippen LogP contribution in [0.4, 0.5) is 0 Å². The summed E-state index contributed by atoms with van der Waals surface area (Å²) in [4.78, 5) is 11.8. The molecule has 0 aromatic heterocycles. The normalized spacial score (nSPS) is 10.5. The molecule has 2 aromatic rings. The van der Waals surface area contributed by atoms with E-state index in [-0.39, 0.29) is 17.1 Å². The Balaban J connectivity index is 2.04. The molecular weight excluding hydrogens is 280 g/mol. The Morgan fingerprint density at radius 2 is 1.95 bits per heavy atom. The summed E-state index contributed by atoms with van der Waals surface area (Å²) in [7, 11) is 0. The van der Waals surface area contributed by atoms with Crippen LogP contribution in [0.5, 0.6) is 11.5 Å². The van der Waals surface area contributed by atoms with Crippen LogP contribution in [0, 0.1) is 0 Å². The van der Waals surface area contributed by atoms with Gasteiger partial charge in [-0.25, -0.2) is 5.43 Å². The number of nitrogens with one attached hydrogen (secondary N) is 1. The van der Waals surface area contributed by atoms with Crippen molar-refractivity contribution in [3.63, 3.8) is 0 Å². The molecule has 0 aliphatic carbocycles. The molecule has 0 heterocycles. The molecule has 0 aliphatic heterocycles. The number of phenolic OH excluding ortho intramolecular Hbond substituents is 2. The minimum atomic E-state index is -0.512. The highest BCUT2D eigenvalue weighted by Crippen LogP contribution is 2.19. The lowest BCUT2D eigenvalue weighted by molar-refractivity contribution is 0.0952. The summed E-state index contributed by atoms with van der Waals surface area (Å²) in [6, 6.07) is 11.3. The van der Waals surface area contributed by atoms with Crippen LogP contribution in [-0.4, -0.2) is 22.3 Å². The Kier molecular flexibility index (Phi) is 4.93. The number of hydrogen-bond donors (Lipinski definition) is 3. The van der Waals surface area contributed by atoms with Crippen molar-refractivity contribution < 1.29 is 15.0 Å². The van der Waals surface area contributed by atoms with Gasteiger partial charge in [0.2, 0.25) is 0 Å². The molecule has 0 saturated carbocycles. The van der Waals surface area contributed by atoms with E-state index in [4.69, 9.17) is 0 Å². The van der Waals surface area contributed by atoms with Crippen LogP contribution in [0.15, 0.2) is 60.2 Å². The third kappa shape index (κ3) is 3.73. The Bertz CT molecular complexity index is 724. The van der Waals surface area contributed by atoms with Gasteiger partial charge in [0.05, 0.1) is 11.8 Å². The number of hydrazone groups is 1. The van der Waals surface area contributed by atoms with Crippen molar-refractivity contribution >= 4 is 12.1 Å². The fourth-order valence-corrected chi connectivity index (χ4v) is 1.88. The maximum atomic E-state index is 11.8. The van der Waals surface area contributed by atoms with E-state index < -0.39 is 5.91 Å². The number of rotatable bonds is 5. The molecule has 0 saturated heterocycles. The lowest BCUT2D eigenvalue weighted by Gasteiger charge is -2.03. The van der Waals surface area contributed by atoms with Crippen molar-refractivity contribution in [3.05, 3.63) is 71.8 Å². The van der Waals surface area contributed by atoms with Crippen molar-refractivity contribution in [2.24, 2.45) is 5.10 Å². The average Bonchev–Trinajstić information content (AvgIpc) is 2.50. The lowest BCUT2D eigenvalue weighted by Crippen LogP contribution is -2.17. The van der Waals surface area contributed by atoms with E-state index in [2.05, 4.69) is 17.1 Å². The van der Waals surface area contributed by atoms with Gasteiger partial charge in [0.25, 0.3) is 5.91 Å². The number of benzene rings is 2. The smallest absolute Gasteiger partial charge is 0.275 e.